The first-order chi connectivity index (χ1) is 6.18. The van der Waals surface area contributed by atoms with E-state index in [-0.39, 0.29) is 0 Å². The molecule has 13 heavy (non-hydrogen) atoms. The van der Waals surface area contributed by atoms with Crippen molar-refractivity contribution >= 4 is 0 Å². The highest BCUT2D eigenvalue weighted by Gasteiger charge is 2.11. The molecule has 3 nitrogen and oxygen atoms in total. The van der Waals surface area contributed by atoms with Gasteiger partial charge in [0.05, 0.1) is 0 Å². The average molecular weight is 183 g/mol. The van der Waals surface area contributed by atoms with Gasteiger partial charge in [0, 0.05) is 32.7 Å². The maximum atomic E-state index is 3.40. The maximum Gasteiger partial charge on any atom is 0.0285 e. The highest BCUT2D eigenvalue weighted by atomic mass is 15.5. The van der Waals surface area contributed by atoms with Gasteiger partial charge in [-0.05, 0) is 20.9 Å². The largest absolute Gasteiger partial charge is 0.304 e. The van der Waals surface area contributed by atoms with Gasteiger partial charge >= 0.3 is 0 Å². The van der Waals surface area contributed by atoms with Crippen LogP contribution in [-0.2, 0) is 0 Å². The third-order valence-corrected chi connectivity index (χ3v) is 2.33. The summed E-state index contributed by atoms with van der Waals surface area (Å²) in [4.78, 5) is 2.36. The van der Waals surface area contributed by atoms with Crippen LogP contribution in [0.4, 0.5) is 0 Å². The van der Waals surface area contributed by atoms with Gasteiger partial charge in [-0.2, -0.15) is 0 Å². The second-order valence-electron chi connectivity index (χ2n) is 3.93. The van der Waals surface area contributed by atoms with Crippen molar-refractivity contribution in [1.82, 2.24) is 15.3 Å². The maximum absolute atomic E-state index is 3.40. The lowest BCUT2D eigenvalue weighted by molar-refractivity contribution is 0.110. The molecule has 3 heteroatoms. The molecule has 0 unspecified atom stereocenters. The van der Waals surface area contributed by atoms with Crippen molar-refractivity contribution < 1.29 is 0 Å². The van der Waals surface area contributed by atoms with Gasteiger partial charge in [0.1, 0.15) is 0 Å². The van der Waals surface area contributed by atoms with Crippen molar-refractivity contribution in [1.29, 1.82) is 0 Å². The lowest BCUT2D eigenvalue weighted by atomic mass is 10.3. The molecule has 1 N–H and O–H groups in total. The predicted molar refractivity (Wildman–Crippen MR) is 56.5 cm³/mol. The topological polar surface area (TPSA) is 18.5 Å². The molecule has 0 aromatic carbocycles. The van der Waals surface area contributed by atoms with Crippen LogP contribution in [0.3, 0.4) is 0 Å². The van der Waals surface area contributed by atoms with Crippen LogP contribution in [0, 0.1) is 0 Å². The second kappa shape index (κ2) is 5.37. The zero-order valence-electron chi connectivity index (χ0n) is 9.01. The van der Waals surface area contributed by atoms with Crippen LogP contribution >= 0.6 is 0 Å². The van der Waals surface area contributed by atoms with E-state index in [0.29, 0.717) is 0 Å². The Kier molecular flexibility index (Phi) is 4.42. The number of piperazine rings is 1. The number of likely N-dealkylation sites (N-methyl/N-ethyl adjacent to an activating group) is 1. The molecule has 0 amide bonds. The van der Waals surface area contributed by atoms with Crippen molar-refractivity contribution in [3.8, 4) is 0 Å². The lowest BCUT2D eigenvalue weighted by Crippen LogP contribution is -2.50. The van der Waals surface area contributed by atoms with E-state index in [4.69, 9.17) is 0 Å². The van der Waals surface area contributed by atoms with Gasteiger partial charge in [-0.15, -0.1) is 0 Å². The minimum atomic E-state index is 0.964. The molecule has 0 aliphatic carbocycles. The normalized spacial score (nSPS) is 20.2. The van der Waals surface area contributed by atoms with E-state index in [2.05, 4.69) is 42.3 Å². The molecule has 0 radical (unpaired) electrons. The summed E-state index contributed by atoms with van der Waals surface area (Å²) < 4.78 is 0. The highest BCUT2D eigenvalue weighted by molar-refractivity contribution is 4.94. The van der Waals surface area contributed by atoms with Gasteiger partial charge < -0.3 is 4.90 Å². The first-order valence-corrected chi connectivity index (χ1v) is 4.99. The van der Waals surface area contributed by atoms with Gasteiger partial charge in [-0.3, -0.25) is 5.43 Å². The van der Waals surface area contributed by atoms with E-state index < -0.39 is 0 Å². The quantitative estimate of drug-likeness (QED) is 0.650. The van der Waals surface area contributed by atoms with E-state index in [0.717, 1.165) is 19.6 Å². The molecule has 1 aliphatic rings. The molecule has 0 atom stereocenters. The molecule has 76 valence electrons. The van der Waals surface area contributed by atoms with Crippen LogP contribution in [0.15, 0.2) is 11.6 Å². The SMILES string of the molecule is CC(C)=CCNN1CCN(C)CC1. The lowest BCUT2D eigenvalue weighted by Gasteiger charge is -2.32. The summed E-state index contributed by atoms with van der Waals surface area (Å²) >= 11 is 0. The first kappa shape index (κ1) is 10.7. The molecule has 1 fully saturated rings. The zero-order valence-corrected chi connectivity index (χ0v) is 9.01. The van der Waals surface area contributed by atoms with E-state index in [1.54, 1.807) is 0 Å². The summed E-state index contributed by atoms with van der Waals surface area (Å²) in [6, 6.07) is 0. The Morgan fingerprint density at radius 2 is 1.85 bits per heavy atom. The Morgan fingerprint density at radius 3 is 2.38 bits per heavy atom. The summed E-state index contributed by atoms with van der Waals surface area (Å²) in [5, 5.41) is 2.31. The van der Waals surface area contributed by atoms with Crippen molar-refractivity contribution in [3.63, 3.8) is 0 Å². The van der Waals surface area contributed by atoms with Crippen LogP contribution in [0.2, 0.25) is 0 Å². The van der Waals surface area contributed by atoms with Gasteiger partial charge in [0.15, 0.2) is 0 Å². The Balaban J connectivity index is 2.12. The van der Waals surface area contributed by atoms with Crippen molar-refractivity contribution in [2.75, 3.05) is 39.8 Å². The molecule has 1 aliphatic heterocycles. The zero-order chi connectivity index (χ0) is 9.68. The molecule has 0 aromatic rings. The fourth-order valence-corrected chi connectivity index (χ4v) is 1.34. The van der Waals surface area contributed by atoms with Crippen molar-refractivity contribution in [3.05, 3.63) is 11.6 Å². The molecule has 1 heterocycles. The molecular weight excluding hydrogens is 162 g/mol. The van der Waals surface area contributed by atoms with Crippen LogP contribution in [-0.4, -0.2) is 49.7 Å². The van der Waals surface area contributed by atoms with Gasteiger partial charge in [0.2, 0.25) is 0 Å². The number of hydrogen-bond acceptors (Lipinski definition) is 3. The predicted octanol–water partition coefficient (Wildman–Crippen LogP) is 0.705. The fourth-order valence-electron chi connectivity index (χ4n) is 1.34. The molecule has 0 saturated carbocycles. The minimum absolute atomic E-state index is 0.964. The number of hydrogen-bond donors (Lipinski definition) is 1. The van der Waals surface area contributed by atoms with E-state index in [1.807, 2.05) is 0 Å². The number of rotatable bonds is 3. The van der Waals surface area contributed by atoms with E-state index in [1.165, 1.54) is 18.7 Å². The minimum Gasteiger partial charge on any atom is -0.304 e. The Bertz CT molecular complexity index is 165. The fraction of sp³-hybridized carbons (Fsp3) is 0.800. The smallest absolute Gasteiger partial charge is 0.0285 e. The molecule has 0 bridgehead atoms. The van der Waals surface area contributed by atoms with Gasteiger partial charge in [0.25, 0.3) is 0 Å². The monoisotopic (exact) mass is 183 g/mol. The van der Waals surface area contributed by atoms with Gasteiger partial charge in [-0.1, -0.05) is 11.6 Å². The molecule has 1 rings (SSSR count). The second-order valence-corrected chi connectivity index (χ2v) is 3.93. The average Bonchev–Trinajstić information content (AvgIpc) is 2.08. The van der Waals surface area contributed by atoms with Gasteiger partial charge in [-0.25, -0.2) is 5.01 Å². The van der Waals surface area contributed by atoms with E-state index in [9.17, 15) is 0 Å². The van der Waals surface area contributed by atoms with Crippen LogP contribution in [0.25, 0.3) is 0 Å². The summed E-state index contributed by atoms with van der Waals surface area (Å²) in [5.41, 5.74) is 4.78. The highest BCUT2D eigenvalue weighted by Crippen LogP contribution is 1.95. The summed E-state index contributed by atoms with van der Waals surface area (Å²) in [6.45, 7) is 9.83. The van der Waals surface area contributed by atoms with E-state index >= 15 is 0 Å². The first-order valence-electron chi connectivity index (χ1n) is 4.99. The summed E-state index contributed by atoms with van der Waals surface area (Å²) in [7, 11) is 2.17. The van der Waals surface area contributed by atoms with Crippen LogP contribution < -0.4 is 5.43 Å². The van der Waals surface area contributed by atoms with Crippen LogP contribution in [0.1, 0.15) is 13.8 Å². The third kappa shape index (κ3) is 4.41. The molecule has 0 spiro atoms. The molecule has 0 aromatic heterocycles. The number of allylic oxidation sites excluding steroid dienone is 1. The van der Waals surface area contributed by atoms with Crippen LogP contribution in [0.5, 0.6) is 0 Å². The summed E-state index contributed by atoms with van der Waals surface area (Å²) in [5.74, 6) is 0. The standard InChI is InChI=1S/C10H21N3/c1-10(2)4-5-11-13-8-6-12(3)7-9-13/h4,11H,5-9H2,1-3H3. The van der Waals surface area contributed by atoms with Crippen molar-refractivity contribution in [2.45, 2.75) is 13.8 Å². The number of hydrazine groups is 1. The Hall–Kier alpha value is -0.380. The third-order valence-electron chi connectivity index (χ3n) is 2.33. The Labute approximate surface area is 81.4 Å². The number of nitrogens with one attached hydrogen (secondary N) is 1. The molecular formula is C10H21N3. The Morgan fingerprint density at radius 1 is 1.23 bits per heavy atom. The molecule has 1 saturated heterocycles. The summed E-state index contributed by atoms with van der Waals surface area (Å²) in [6.07, 6.45) is 2.22. The van der Waals surface area contributed by atoms with Crippen molar-refractivity contribution in [2.24, 2.45) is 0 Å². The number of nitrogens with zero attached hydrogens (tertiary/aromatic N) is 2.